The second kappa shape index (κ2) is 18.3. The Morgan fingerprint density at radius 3 is 1.70 bits per heavy atom. The summed E-state index contributed by atoms with van der Waals surface area (Å²) in [5.74, 6) is -0.858. The van der Waals surface area contributed by atoms with Gasteiger partial charge in [-0.1, -0.05) is 116 Å². The number of carboxylic acid groups (broad SMARTS) is 1. The summed E-state index contributed by atoms with van der Waals surface area (Å²) in [6.45, 7) is 4.28. The lowest BCUT2D eigenvalue weighted by Crippen LogP contribution is -1.93. The molecule has 5 nitrogen and oxygen atoms in total. The van der Waals surface area contributed by atoms with Gasteiger partial charge in [-0.3, -0.25) is 4.79 Å². The van der Waals surface area contributed by atoms with Crippen LogP contribution in [0.25, 0.3) is 10.9 Å². The number of unbranched alkanes of at least 4 members (excludes halogenated alkanes) is 14. The van der Waals surface area contributed by atoms with E-state index in [4.69, 9.17) is 5.11 Å². The third kappa shape index (κ3) is 12.6. The lowest BCUT2D eigenvalue weighted by Gasteiger charge is -2.03. The molecular formula is C28H47NO4. The Hall–Kier alpha value is -2.17. The van der Waals surface area contributed by atoms with Crippen molar-refractivity contribution in [3.63, 3.8) is 0 Å². The number of nitrogens with one attached hydrogen (secondary N) is 1. The summed E-state index contributed by atoms with van der Waals surface area (Å²) in [5, 5.41) is 28.0. The van der Waals surface area contributed by atoms with E-state index in [1.807, 2.05) is 25.1 Å². The van der Waals surface area contributed by atoms with Gasteiger partial charge in [-0.2, -0.15) is 0 Å². The molecule has 0 amide bonds. The van der Waals surface area contributed by atoms with Gasteiger partial charge in [-0.15, -0.1) is 0 Å². The molecule has 2 rings (SSSR count). The van der Waals surface area contributed by atoms with Gasteiger partial charge in [0.15, 0.2) is 5.75 Å². The summed E-state index contributed by atoms with van der Waals surface area (Å²) in [7, 11) is 0. The molecular weight excluding hydrogens is 414 g/mol. The number of H-pyrrole nitrogens is 1. The van der Waals surface area contributed by atoms with Gasteiger partial charge in [0.2, 0.25) is 5.88 Å². The Morgan fingerprint density at radius 1 is 0.758 bits per heavy atom. The van der Waals surface area contributed by atoms with Crippen LogP contribution < -0.4 is 0 Å². The van der Waals surface area contributed by atoms with Crippen molar-refractivity contribution >= 4 is 16.9 Å². The second-order valence-electron chi connectivity index (χ2n) is 9.11. The fraction of sp³-hybridized carbons (Fsp3) is 0.679. The minimum Gasteiger partial charge on any atom is -0.503 e. The second-order valence-corrected chi connectivity index (χ2v) is 9.11. The Labute approximate surface area is 200 Å². The molecule has 1 aromatic heterocycles. The van der Waals surface area contributed by atoms with Crippen molar-refractivity contribution in [1.82, 2.24) is 4.98 Å². The van der Waals surface area contributed by atoms with Crippen LogP contribution in [-0.4, -0.2) is 26.3 Å². The van der Waals surface area contributed by atoms with Crippen molar-refractivity contribution in [2.24, 2.45) is 0 Å². The van der Waals surface area contributed by atoms with Gasteiger partial charge in [0.25, 0.3) is 0 Å². The molecule has 0 aliphatic heterocycles. The Bertz CT molecular complexity index is 769. The third-order valence-corrected chi connectivity index (χ3v) is 6.24. The molecule has 0 radical (unpaired) electrons. The smallest absolute Gasteiger partial charge is 0.303 e. The summed E-state index contributed by atoms with van der Waals surface area (Å²) in [6.07, 6.45) is 21.0. The van der Waals surface area contributed by atoms with Crippen LogP contribution in [0, 0.1) is 0 Å². The van der Waals surface area contributed by atoms with Crippen LogP contribution in [0.4, 0.5) is 0 Å². The summed E-state index contributed by atoms with van der Waals surface area (Å²) < 4.78 is 0. The normalized spacial score (nSPS) is 10.8. The van der Waals surface area contributed by atoms with Crippen LogP contribution >= 0.6 is 0 Å². The fourth-order valence-electron chi connectivity index (χ4n) is 4.23. The SMILES string of the molecule is CCCCCCCCCCCCCCCCCC(=O)O.CCc1cccc2[nH]c(O)c(O)c12. The number of hydrogen-bond acceptors (Lipinski definition) is 3. The molecule has 0 aliphatic rings. The van der Waals surface area contributed by atoms with Crippen LogP contribution in [0.2, 0.25) is 0 Å². The Balaban J connectivity index is 0.000000357. The van der Waals surface area contributed by atoms with E-state index in [0.29, 0.717) is 6.42 Å². The molecule has 2 aromatic rings. The highest BCUT2D eigenvalue weighted by Gasteiger charge is 2.11. The monoisotopic (exact) mass is 461 g/mol. The minimum atomic E-state index is -0.653. The number of aromatic nitrogens is 1. The number of benzene rings is 1. The first-order valence-corrected chi connectivity index (χ1v) is 13.2. The van der Waals surface area contributed by atoms with Crippen molar-refractivity contribution in [3.8, 4) is 11.6 Å². The maximum absolute atomic E-state index is 10.3. The summed E-state index contributed by atoms with van der Waals surface area (Å²) in [4.78, 5) is 13.0. The van der Waals surface area contributed by atoms with Crippen LogP contribution in [0.3, 0.4) is 0 Å². The predicted octanol–water partition coefficient (Wildman–Crippen LogP) is 8.47. The average Bonchev–Trinajstić information content (AvgIpc) is 3.10. The molecule has 0 spiro atoms. The van der Waals surface area contributed by atoms with E-state index < -0.39 is 5.97 Å². The van der Waals surface area contributed by atoms with Crippen LogP contribution in [0.15, 0.2) is 18.2 Å². The molecule has 0 bridgehead atoms. The molecule has 0 unspecified atom stereocenters. The molecule has 33 heavy (non-hydrogen) atoms. The minimum absolute atomic E-state index is 0.0487. The number of aliphatic carboxylic acids is 1. The van der Waals surface area contributed by atoms with Gasteiger partial charge in [0.1, 0.15) is 0 Å². The quantitative estimate of drug-likeness (QED) is 0.178. The number of carbonyl (C=O) groups is 1. The first-order chi connectivity index (χ1) is 16.0. The fourth-order valence-corrected chi connectivity index (χ4v) is 4.23. The van der Waals surface area contributed by atoms with E-state index in [-0.39, 0.29) is 11.6 Å². The molecule has 5 heteroatoms. The van der Waals surface area contributed by atoms with Gasteiger partial charge >= 0.3 is 5.97 Å². The summed E-state index contributed by atoms with van der Waals surface area (Å²) in [5.41, 5.74) is 1.81. The standard InChI is InChI=1S/C18H36O2.C10H11NO2/c1-2-3-4-5-6-7-8-9-10-11-12-13-14-15-16-17-18(19)20;1-2-6-4-3-5-7-8(6)9(12)10(13)11-7/h2-17H2,1H3,(H,19,20);3-5,11-13H,2H2,1H3. The van der Waals surface area contributed by atoms with E-state index in [9.17, 15) is 15.0 Å². The average molecular weight is 462 g/mol. The first-order valence-electron chi connectivity index (χ1n) is 13.2. The number of hydrogen-bond donors (Lipinski definition) is 4. The molecule has 1 aromatic carbocycles. The van der Waals surface area contributed by atoms with Gasteiger partial charge in [-0.05, 0) is 24.5 Å². The molecule has 188 valence electrons. The van der Waals surface area contributed by atoms with E-state index in [2.05, 4.69) is 11.9 Å². The number of rotatable bonds is 17. The van der Waals surface area contributed by atoms with E-state index in [1.54, 1.807) is 0 Å². The molecule has 0 aliphatic carbocycles. The number of aryl methyl sites for hydroxylation is 1. The highest BCUT2D eigenvalue weighted by Crippen LogP contribution is 2.35. The van der Waals surface area contributed by atoms with E-state index in [0.717, 1.165) is 35.7 Å². The van der Waals surface area contributed by atoms with Crippen LogP contribution in [0.5, 0.6) is 11.6 Å². The van der Waals surface area contributed by atoms with Gasteiger partial charge in [0, 0.05) is 11.8 Å². The third-order valence-electron chi connectivity index (χ3n) is 6.24. The van der Waals surface area contributed by atoms with Gasteiger partial charge in [-0.25, -0.2) is 0 Å². The largest absolute Gasteiger partial charge is 0.503 e. The van der Waals surface area contributed by atoms with E-state index in [1.165, 1.54) is 83.5 Å². The topological polar surface area (TPSA) is 93.5 Å². The molecule has 4 N–H and O–H groups in total. The zero-order valence-corrected chi connectivity index (χ0v) is 21.0. The molecule has 1 heterocycles. The summed E-state index contributed by atoms with van der Waals surface area (Å²) >= 11 is 0. The van der Waals surface area contributed by atoms with Gasteiger partial charge < -0.3 is 20.3 Å². The lowest BCUT2D eigenvalue weighted by molar-refractivity contribution is -0.137. The maximum Gasteiger partial charge on any atom is 0.303 e. The zero-order chi connectivity index (χ0) is 24.3. The molecule has 0 atom stereocenters. The maximum atomic E-state index is 10.3. The molecule has 0 fully saturated rings. The van der Waals surface area contributed by atoms with Crippen molar-refractivity contribution < 1.29 is 20.1 Å². The highest BCUT2D eigenvalue weighted by atomic mass is 16.4. The lowest BCUT2D eigenvalue weighted by atomic mass is 10.0. The summed E-state index contributed by atoms with van der Waals surface area (Å²) in [6, 6.07) is 5.67. The molecule has 0 saturated carbocycles. The highest BCUT2D eigenvalue weighted by molar-refractivity contribution is 5.91. The number of aromatic amines is 1. The van der Waals surface area contributed by atoms with Crippen LogP contribution in [-0.2, 0) is 11.2 Å². The van der Waals surface area contributed by atoms with Gasteiger partial charge in [0.05, 0.1) is 5.52 Å². The van der Waals surface area contributed by atoms with E-state index >= 15 is 0 Å². The zero-order valence-electron chi connectivity index (χ0n) is 21.0. The van der Waals surface area contributed by atoms with Crippen molar-refractivity contribution in [3.05, 3.63) is 23.8 Å². The van der Waals surface area contributed by atoms with Crippen LogP contribution in [0.1, 0.15) is 122 Å². The first kappa shape index (κ1) is 28.9. The van der Waals surface area contributed by atoms with Crippen molar-refractivity contribution in [2.75, 3.05) is 0 Å². The van der Waals surface area contributed by atoms with Crippen molar-refractivity contribution in [2.45, 2.75) is 123 Å². The molecule has 0 saturated heterocycles. The Kier molecular flexibility index (Phi) is 16.0. The van der Waals surface area contributed by atoms with Crippen molar-refractivity contribution in [1.29, 1.82) is 0 Å². The number of carboxylic acids is 1. The number of aromatic hydroxyl groups is 2. The number of fused-ring (bicyclic) bond motifs is 1. The Morgan fingerprint density at radius 2 is 1.24 bits per heavy atom. The predicted molar refractivity (Wildman–Crippen MR) is 138 cm³/mol.